The van der Waals surface area contributed by atoms with Crippen LogP contribution in [-0.2, 0) is 0 Å². The molecule has 1 aromatic rings. The van der Waals surface area contributed by atoms with Crippen LogP contribution in [-0.4, -0.2) is 23.0 Å². The third-order valence-electron chi connectivity index (χ3n) is 1.24. The maximum absolute atomic E-state index is 9.00. The Morgan fingerprint density at radius 2 is 2.25 bits per heavy atom. The second kappa shape index (κ2) is 3.94. The Kier molecular flexibility index (Phi) is 2.90. The van der Waals surface area contributed by atoms with E-state index in [1.165, 1.54) is 12.1 Å². The number of phenolic OH excluding ortho intramolecular Hbond substituents is 1. The molecule has 0 radical (unpaired) electrons. The number of aromatic hydroxyl groups is 1. The number of phenols is 1. The number of nitrogens with two attached hydrogens (primary N) is 1. The molecule has 0 saturated carbocycles. The van der Waals surface area contributed by atoms with Crippen molar-refractivity contribution in [1.29, 1.82) is 0 Å². The quantitative estimate of drug-likeness (QED) is 0.559. The van der Waals surface area contributed by atoms with Gasteiger partial charge in [0.05, 0.1) is 0 Å². The zero-order valence-electron chi connectivity index (χ0n) is 6.47. The lowest BCUT2D eigenvalue weighted by Gasteiger charge is -2.07. The van der Waals surface area contributed by atoms with Crippen LogP contribution >= 0.6 is 0 Å². The fourth-order valence-electron chi connectivity index (χ4n) is 0.755. The molecule has 0 aliphatic heterocycles. The van der Waals surface area contributed by atoms with E-state index >= 15 is 0 Å². The standard InChI is InChI=1S/C8H11NO3/c9-8(11)5-12-7-3-1-2-6(10)4-7/h1-4,8,10-11H,5,9H2. The summed E-state index contributed by atoms with van der Waals surface area (Å²) in [4.78, 5) is 0. The van der Waals surface area contributed by atoms with Gasteiger partial charge in [-0.2, -0.15) is 0 Å². The lowest BCUT2D eigenvalue weighted by molar-refractivity contribution is 0.113. The van der Waals surface area contributed by atoms with Crippen molar-refractivity contribution in [2.45, 2.75) is 6.23 Å². The Morgan fingerprint density at radius 1 is 1.50 bits per heavy atom. The molecule has 1 aromatic carbocycles. The summed E-state index contributed by atoms with van der Waals surface area (Å²) < 4.78 is 5.01. The molecule has 0 aromatic heterocycles. The van der Waals surface area contributed by atoms with Gasteiger partial charge in [0.25, 0.3) is 0 Å². The van der Waals surface area contributed by atoms with Gasteiger partial charge in [0.1, 0.15) is 24.3 Å². The molecule has 0 heterocycles. The monoisotopic (exact) mass is 169 g/mol. The maximum atomic E-state index is 9.00. The van der Waals surface area contributed by atoms with Crippen LogP contribution in [0.4, 0.5) is 0 Å². The smallest absolute Gasteiger partial charge is 0.136 e. The molecule has 0 aliphatic carbocycles. The van der Waals surface area contributed by atoms with Gasteiger partial charge in [-0.15, -0.1) is 0 Å². The Balaban J connectivity index is 2.52. The van der Waals surface area contributed by atoms with Gasteiger partial charge in [-0.1, -0.05) is 6.07 Å². The zero-order valence-corrected chi connectivity index (χ0v) is 6.47. The Labute approximate surface area is 70.2 Å². The highest BCUT2D eigenvalue weighted by Crippen LogP contribution is 2.17. The number of aliphatic hydroxyl groups is 1. The average Bonchev–Trinajstić information content (AvgIpc) is 2.01. The maximum Gasteiger partial charge on any atom is 0.136 e. The van der Waals surface area contributed by atoms with Crippen molar-refractivity contribution in [3.8, 4) is 11.5 Å². The van der Waals surface area contributed by atoms with E-state index in [1.54, 1.807) is 12.1 Å². The van der Waals surface area contributed by atoms with Crippen molar-refractivity contribution >= 4 is 0 Å². The first kappa shape index (κ1) is 8.83. The van der Waals surface area contributed by atoms with E-state index in [-0.39, 0.29) is 12.4 Å². The summed E-state index contributed by atoms with van der Waals surface area (Å²) in [5.41, 5.74) is 5.05. The Hall–Kier alpha value is -1.26. The van der Waals surface area contributed by atoms with E-state index < -0.39 is 6.23 Å². The van der Waals surface area contributed by atoms with Crippen LogP contribution in [0.25, 0.3) is 0 Å². The first-order valence-corrected chi connectivity index (χ1v) is 3.54. The topological polar surface area (TPSA) is 75.7 Å². The SMILES string of the molecule is NC(O)COc1cccc(O)c1. The summed E-state index contributed by atoms with van der Waals surface area (Å²) in [5, 5.41) is 17.7. The Morgan fingerprint density at radius 3 is 2.83 bits per heavy atom. The van der Waals surface area contributed by atoms with Crippen molar-refractivity contribution in [2.75, 3.05) is 6.61 Å². The van der Waals surface area contributed by atoms with Gasteiger partial charge in [-0.3, -0.25) is 0 Å². The minimum absolute atomic E-state index is 0.0173. The summed E-state index contributed by atoms with van der Waals surface area (Å²) in [6, 6.07) is 6.30. The largest absolute Gasteiger partial charge is 0.508 e. The first-order valence-electron chi connectivity index (χ1n) is 3.54. The lowest BCUT2D eigenvalue weighted by atomic mass is 10.3. The van der Waals surface area contributed by atoms with E-state index in [0.717, 1.165) is 0 Å². The number of rotatable bonds is 3. The second-order valence-corrected chi connectivity index (χ2v) is 2.38. The molecule has 0 bridgehead atoms. The van der Waals surface area contributed by atoms with Crippen molar-refractivity contribution in [3.05, 3.63) is 24.3 Å². The minimum Gasteiger partial charge on any atom is -0.508 e. The predicted molar refractivity (Wildman–Crippen MR) is 43.8 cm³/mol. The lowest BCUT2D eigenvalue weighted by Crippen LogP contribution is -2.26. The number of ether oxygens (including phenoxy) is 1. The van der Waals surface area contributed by atoms with Crippen molar-refractivity contribution in [3.63, 3.8) is 0 Å². The number of benzene rings is 1. The van der Waals surface area contributed by atoms with Gasteiger partial charge < -0.3 is 20.7 Å². The van der Waals surface area contributed by atoms with Crippen LogP contribution in [0.3, 0.4) is 0 Å². The first-order chi connectivity index (χ1) is 5.68. The molecule has 0 amide bonds. The molecule has 0 aliphatic rings. The highest BCUT2D eigenvalue weighted by atomic mass is 16.5. The molecule has 4 heteroatoms. The molecule has 1 rings (SSSR count). The third-order valence-corrected chi connectivity index (χ3v) is 1.24. The van der Waals surface area contributed by atoms with Gasteiger partial charge in [0.15, 0.2) is 0 Å². The number of aliphatic hydroxyl groups excluding tert-OH is 1. The van der Waals surface area contributed by atoms with Crippen LogP contribution in [0.1, 0.15) is 0 Å². The summed E-state index contributed by atoms with van der Waals surface area (Å²) >= 11 is 0. The van der Waals surface area contributed by atoms with Gasteiger partial charge >= 0.3 is 0 Å². The van der Waals surface area contributed by atoms with Gasteiger partial charge in [-0.05, 0) is 12.1 Å². The zero-order chi connectivity index (χ0) is 8.97. The van der Waals surface area contributed by atoms with E-state index in [4.69, 9.17) is 20.7 Å². The van der Waals surface area contributed by atoms with Crippen molar-refractivity contribution in [1.82, 2.24) is 0 Å². The molecule has 66 valence electrons. The van der Waals surface area contributed by atoms with E-state index in [9.17, 15) is 0 Å². The summed E-state index contributed by atoms with van der Waals surface area (Å²) in [6.45, 7) is 0.0173. The predicted octanol–water partition coefficient (Wildman–Crippen LogP) is 0.0481. The van der Waals surface area contributed by atoms with Crippen LogP contribution < -0.4 is 10.5 Å². The van der Waals surface area contributed by atoms with Crippen LogP contribution in [0, 0.1) is 0 Å². The average molecular weight is 169 g/mol. The van der Waals surface area contributed by atoms with Crippen molar-refractivity contribution in [2.24, 2.45) is 5.73 Å². The van der Waals surface area contributed by atoms with Gasteiger partial charge in [0.2, 0.25) is 0 Å². The molecular formula is C8H11NO3. The number of hydrogen-bond donors (Lipinski definition) is 3. The molecule has 1 atom stereocenters. The highest BCUT2D eigenvalue weighted by Gasteiger charge is 1.98. The summed E-state index contributed by atoms with van der Waals surface area (Å²) in [7, 11) is 0. The van der Waals surface area contributed by atoms with Crippen LogP contribution in [0.2, 0.25) is 0 Å². The minimum atomic E-state index is -0.993. The van der Waals surface area contributed by atoms with E-state index in [0.29, 0.717) is 5.75 Å². The van der Waals surface area contributed by atoms with Gasteiger partial charge in [0, 0.05) is 6.07 Å². The molecule has 12 heavy (non-hydrogen) atoms. The highest BCUT2D eigenvalue weighted by molar-refractivity contribution is 5.31. The summed E-state index contributed by atoms with van der Waals surface area (Å²) in [6.07, 6.45) is -0.993. The number of hydrogen-bond acceptors (Lipinski definition) is 4. The van der Waals surface area contributed by atoms with E-state index in [2.05, 4.69) is 0 Å². The fourth-order valence-corrected chi connectivity index (χ4v) is 0.755. The van der Waals surface area contributed by atoms with Gasteiger partial charge in [-0.25, -0.2) is 0 Å². The molecule has 4 N–H and O–H groups in total. The molecule has 1 unspecified atom stereocenters. The summed E-state index contributed by atoms with van der Waals surface area (Å²) in [5.74, 6) is 0.610. The second-order valence-electron chi connectivity index (χ2n) is 2.38. The van der Waals surface area contributed by atoms with Crippen LogP contribution in [0.5, 0.6) is 11.5 Å². The molecule has 4 nitrogen and oxygen atoms in total. The fraction of sp³-hybridized carbons (Fsp3) is 0.250. The molecule has 0 saturated heterocycles. The third kappa shape index (κ3) is 2.77. The normalized spacial score (nSPS) is 12.5. The molecule has 0 spiro atoms. The Bertz CT molecular complexity index is 250. The van der Waals surface area contributed by atoms with Crippen LogP contribution in [0.15, 0.2) is 24.3 Å². The van der Waals surface area contributed by atoms with Crippen molar-refractivity contribution < 1.29 is 14.9 Å². The molecule has 0 fully saturated rings. The van der Waals surface area contributed by atoms with E-state index in [1.807, 2.05) is 0 Å². The molecular weight excluding hydrogens is 158 g/mol.